The number of nitrogens with two attached hydrogens (primary N) is 1. The van der Waals surface area contributed by atoms with Gasteiger partial charge >= 0.3 is 0 Å². The maximum atomic E-state index is 10.6. The Bertz CT molecular complexity index is 606. The molecule has 2 nitrogen and oxygen atoms in total. The van der Waals surface area contributed by atoms with Gasteiger partial charge in [0.15, 0.2) is 0 Å². The Labute approximate surface area is 120 Å². The molecule has 0 saturated heterocycles. The fraction of sp³-hybridized carbons (Fsp3) is 0.333. The monoisotopic (exact) mass is 267 g/mol. The molecule has 1 unspecified atom stereocenters. The molecule has 2 aromatic carbocycles. The van der Waals surface area contributed by atoms with Gasteiger partial charge in [0.05, 0.1) is 0 Å². The molecule has 20 heavy (non-hydrogen) atoms. The average molecular weight is 267 g/mol. The molecular formula is C18H21NO. The molecule has 3 rings (SSSR count). The van der Waals surface area contributed by atoms with Gasteiger partial charge in [-0.1, -0.05) is 42.5 Å². The molecule has 104 valence electrons. The number of aryl methyl sites for hydroxylation is 2. The van der Waals surface area contributed by atoms with Crippen molar-refractivity contribution in [2.75, 3.05) is 6.54 Å². The predicted octanol–water partition coefficient (Wildman–Crippen LogP) is 2.76. The van der Waals surface area contributed by atoms with Crippen molar-refractivity contribution in [2.45, 2.75) is 31.8 Å². The Morgan fingerprint density at radius 1 is 1.00 bits per heavy atom. The Hall–Kier alpha value is -1.64. The first-order valence-corrected chi connectivity index (χ1v) is 7.36. The van der Waals surface area contributed by atoms with Crippen LogP contribution in [0.3, 0.4) is 0 Å². The molecule has 0 radical (unpaired) electrons. The zero-order valence-electron chi connectivity index (χ0n) is 11.7. The molecule has 0 heterocycles. The van der Waals surface area contributed by atoms with Crippen LogP contribution in [0.15, 0.2) is 42.5 Å². The van der Waals surface area contributed by atoms with Crippen LogP contribution >= 0.6 is 0 Å². The molecule has 0 aliphatic heterocycles. The van der Waals surface area contributed by atoms with Crippen LogP contribution < -0.4 is 5.73 Å². The molecule has 1 aliphatic rings. The van der Waals surface area contributed by atoms with Crippen LogP contribution in [0.5, 0.6) is 0 Å². The van der Waals surface area contributed by atoms with Crippen LogP contribution in [0.4, 0.5) is 0 Å². The maximum Gasteiger partial charge on any atom is 0.104 e. The van der Waals surface area contributed by atoms with E-state index in [1.54, 1.807) is 0 Å². The summed E-state index contributed by atoms with van der Waals surface area (Å²) in [5.74, 6) is 0. The van der Waals surface area contributed by atoms with Gasteiger partial charge in [0.25, 0.3) is 0 Å². The van der Waals surface area contributed by atoms with Crippen LogP contribution in [-0.4, -0.2) is 11.7 Å². The van der Waals surface area contributed by atoms with E-state index in [9.17, 15) is 5.11 Å². The van der Waals surface area contributed by atoms with E-state index < -0.39 is 6.10 Å². The predicted molar refractivity (Wildman–Crippen MR) is 81.7 cm³/mol. The summed E-state index contributed by atoms with van der Waals surface area (Å²) < 4.78 is 0. The summed E-state index contributed by atoms with van der Waals surface area (Å²) in [7, 11) is 0. The Kier molecular flexibility index (Phi) is 3.86. The van der Waals surface area contributed by atoms with Crippen LogP contribution in [-0.2, 0) is 19.3 Å². The lowest BCUT2D eigenvalue weighted by atomic mass is 9.96. The van der Waals surface area contributed by atoms with Crippen LogP contribution in [0, 0.1) is 0 Å². The molecule has 0 bridgehead atoms. The largest absolute Gasteiger partial charge is 0.384 e. The van der Waals surface area contributed by atoms with Crippen LogP contribution in [0.2, 0.25) is 0 Å². The highest BCUT2D eigenvalue weighted by Gasteiger charge is 2.15. The van der Waals surface area contributed by atoms with Gasteiger partial charge in [-0.15, -0.1) is 0 Å². The number of hydrogen-bond acceptors (Lipinski definition) is 2. The van der Waals surface area contributed by atoms with Crippen molar-refractivity contribution in [3.8, 4) is 0 Å². The molecule has 2 aromatic rings. The van der Waals surface area contributed by atoms with Crippen molar-refractivity contribution in [1.29, 1.82) is 0 Å². The first kappa shape index (κ1) is 13.3. The van der Waals surface area contributed by atoms with Gasteiger partial charge in [-0.05, 0) is 60.0 Å². The SMILES string of the molecule is NCCc1cccc(C(O)c2ccc3c(c2)CCC3)c1. The van der Waals surface area contributed by atoms with Crippen molar-refractivity contribution in [3.63, 3.8) is 0 Å². The van der Waals surface area contributed by atoms with Crippen molar-refractivity contribution >= 4 is 0 Å². The normalized spacial score (nSPS) is 15.1. The summed E-state index contributed by atoms with van der Waals surface area (Å²) in [5, 5.41) is 10.6. The van der Waals surface area contributed by atoms with E-state index in [0.717, 1.165) is 24.0 Å². The zero-order valence-corrected chi connectivity index (χ0v) is 11.7. The minimum atomic E-state index is -0.543. The summed E-state index contributed by atoms with van der Waals surface area (Å²) in [4.78, 5) is 0. The summed E-state index contributed by atoms with van der Waals surface area (Å²) in [5.41, 5.74) is 11.6. The van der Waals surface area contributed by atoms with Gasteiger partial charge in [0.2, 0.25) is 0 Å². The lowest BCUT2D eigenvalue weighted by Crippen LogP contribution is -2.05. The van der Waals surface area contributed by atoms with Crippen molar-refractivity contribution < 1.29 is 5.11 Å². The van der Waals surface area contributed by atoms with Crippen molar-refractivity contribution in [2.24, 2.45) is 5.73 Å². The Balaban J connectivity index is 1.88. The van der Waals surface area contributed by atoms with E-state index in [-0.39, 0.29) is 0 Å². The molecule has 0 aromatic heterocycles. The van der Waals surface area contributed by atoms with E-state index in [0.29, 0.717) is 6.54 Å². The van der Waals surface area contributed by atoms with Gasteiger partial charge in [-0.2, -0.15) is 0 Å². The summed E-state index contributed by atoms with van der Waals surface area (Å²) >= 11 is 0. The molecule has 0 spiro atoms. The van der Waals surface area contributed by atoms with Crippen molar-refractivity contribution in [1.82, 2.24) is 0 Å². The minimum Gasteiger partial charge on any atom is -0.384 e. The number of benzene rings is 2. The fourth-order valence-corrected chi connectivity index (χ4v) is 3.04. The standard InChI is InChI=1S/C18H21NO/c19-10-9-13-3-1-6-16(11-13)18(20)17-8-7-14-4-2-5-15(14)12-17/h1,3,6-8,11-12,18,20H,2,4-5,9-10,19H2. The van der Waals surface area contributed by atoms with Gasteiger partial charge in [-0.3, -0.25) is 0 Å². The van der Waals surface area contributed by atoms with Gasteiger partial charge in [-0.25, -0.2) is 0 Å². The van der Waals surface area contributed by atoms with Gasteiger partial charge < -0.3 is 10.8 Å². The lowest BCUT2D eigenvalue weighted by molar-refractivity contribution is 0.220. The maximum absolute atomic E-state index is 10.6. The second-order valence-corrected chi connectivity index (χ2v) is 5.57. The third-order valence-corrected chi connectivity index (χ3v) is 4.14. The third-order valence-electron chi connectivity index (χ3n) is 4.14. The molecular weight excluding hydrogens is 246 g/mol. The first-order valence-electron chi connectivity index (χ1n) is 7.36. The highest BCUT2D eigenvalue weighted by atomic mass is 16.3. The third kappa shape index (κ3) is 2.62. The Morgan fingerprint density at radius 3 is 2.65 bits per heavy atom. The van der Waals surface area contributed by atoms with E-state index in [4.69, 9.17) is 5.73 Å². The first-order chi connectivity index (χ1) is 9.78. The van der Waals surface area contributed by atoms with Crippen molar-refractivity contribution in [3.05, 3.63) is 70.3 Å². The molecule has 0 fully saturated rings. The van der Waals surface area contributed by atoms with E-state index >= 15 is 0 Å². The van der Waals surface area contributed by atoms with E-state index in [1.807, 2.05) is 12.1 Å². The summed E-state index contributed by atoms with van der Waals surface area (Å²) in [6.07, 6.45) is 3.87. The Morgan fingerprint density at radius 2 is 1.80 bits per heavy atom. The van der Waals surface area contributed by atoms with Gasteiger partial charge in [0.1, 0.15) is 6.10 Å². The molecule has 1 atom stereocenters. The molecule has 1 aliphatic carbocycles. The lowest BCUT2D eigenvalue weighted by Gasteiger charge is -2.14. The quantitative estimate of drug-likeness (QED) is 0.894. The minimum absolute atomic E-state index is 0.543. The van der Waals surface area contributed by atoms with E-state index in [1.165, 1.54) is 29.5 Å². The van der Waals surface area contributed by atoms with Crippen LogP contribution in [0.1, 0.15) is 40.3 Å². The summed E-state index contributed by atoms with van der Waals surface area (Å²) in [6, 6.07) is 14.5. The fourth-order valence-electron chi connectivity index (χ4n) is 3.04. The number of rotatable bonds is 4. The highest BCUT2D eigenvalue weighted by molar-refractivity contribution is 5.39. The molecule has 2 heteroatoms. The number of aliphatic hydroxyl groups excluding tert-OH is 1. The topological polar surface area (TPSA) is 46.2 Å². The highest BCUT2D eigenvalue weighted by Crippen LogP contribution is 2.28. The molecule has 0 amide bonds. The summed E-state index contributed by atoms with van der Waals surface area (Å²) in [6.45, 7) is 0.637. The average Bonchev–Trinajstić information content (AvgIpc) is 2.94. The van der Waals surface area contributed by atoms with Crippen LogP contribution in [0.25, 0.3) is 0 Å². The second kappa shape index (κ2) is 5.78. The molecule has 3 N–H and O–H groups in total. The van der Waals surface area contributed by atoms with E-state index in [2.05, 4.69) is 30.3 Å². The zero-order chi connectivity index (χ0) is 13.9. The molecule has 0 saturated carbocycles. The number of aliphatic hydroxyl groups is 1. The smallest absolute Gasteiger partial charge is 0.104 e. The van der Waals surface area contributed by atoms with Gasteiger partial charge in [0, 0.05) is 0 Å². The number of hydrogen-bond donors (Lipinski definition) is 2. The number of fused-ring (bicyclic) bond motifs is 1. The second-order valence-electron chi connectivity index (χ2n) is 5.57.